The first kappa shape index (κ1) is 18.3. The molecule has 6 heteroatoms. The Morgan fingerprint density at radius 2 is 1.68 bits per heavy atom. The second-order valence-corrected chi connectivity index (χ2v) is 7.06. The van der Waals surface area contributed by atoms with E-state index in [1.165, 1.54) is 16.5 Å². The van der Waals surface area contributed by atoms with Gasteiger partial charge in [0.25, 0.3) is 5.91 Å². The lowest BCUT2D eigenvalue weighted by atomic mass is 9.95. The van der Waals surface area contributed by atoms with Gasteiger partial charge in [-0.3, -0.25) is 4.79 Å². The largest absolute Gasteiger partial charge is 0.338 e. The van der Waals surface area contributed by atoms with Crippen LogP contribution in [0.5, 0.6) is 0 Å². The van der Waals surface area contributed by atoms with Crippen LogP contribution in [-0.2, 0) is 6.54 Å². The minimum atomic E-state index is -0.814. The van der Waals surface area contributed by atoms with Gasteiger partial charge in [0.1, 0.15) is 23.0 Å². The summed E-state index contributed by atoms with van der Waals surface area (Å²) in [5.74, 6) is -1.00. The topological polar surface area (TPSA) is 38.1 Å². The van der Waals surface area contributed by atoms with E-state index in [0.717, 1.165) is 24.5 Å². The molecule has 4 nitrogen and oxygen atoms in total. The molecule has 144 valence electrons. The maximum atomic E-state index is 13.9. The molecule has 0 atom stereocenters. The predicted octanol–water partition coefficient (Wildman–Crippen LogP) is 4.23. The Balaban J connectivity index is 1.44. The highest BCUT2D eigenvalue weighted by Crippen LogP contribution is 2.28. The zero-order chi connectivity index (χ0) is 19.5. The summed E-state index contributed by atoms with van der Waals surface area (Å²) in [5, 5.41) is 0. The third-order valence-electron chi connectivity index (χ3n) is 5.27. The Labute approximate surface area is 162 Å². The summed E-state index contributed by atoms with van der Waals surface area (Å²) in [6, 6.07) is 13.7. The van der Waals surface area contributed by atoms with Gasteiger partial charge in [0, 0.05) is 37.9 Å². The third kappa shape index (κ3) is 3.67. The van der Waals surface area contributed by atoms with Crippen molar-refractivity contribution in [3.8, 4) is 0 Å². The molecule has 0 bridgehead atoms. The van der Waals surface area contributed by atoms with Gasteiger partial charge in [0.2, 0.25) is 0 Å². The molecule has 2 aromatic carbocycles. The molecular weight excluding hydrogens is 360 g/mol. The molecule has 1 aliphatic rings. The highest BCUT2D eigenvalue weighted by atomic mass is 19.1. The highest BCUT2D eigenvalue weighted by molar-refractivity contribution is 5.94. The first-order chi connectivity index (χ1) is 13.6. The fraction of sp³-hybridized carbons (Fsp3) is 0.273. The number of halogens is 2. The van der Waals surface area contributed by atoms with Crippen LogP contribution < -0.4 is 0 Å². The molecular formula is C22H21F2N3O. The maximum absolute atomic E-state index is 13.9. The number of amides is 1. The van der Waals surface area contributed by atoms with E-state index in [2.05, 4.69) is 21.7 Å². The van der Waals surface area contributed by atoms with Crippen molar-refractivity contribution in [1.29, 1.82) is 0 Å². The van der Waals surface area contributed by atoms with E-state index in [4.69, 9.17) is 0 Å². The van der Waals surface area contributed by atoms with Gasteiger partial charge in [-0.2, -0.15) is 0 Å². The van der Waals surface area contributed by atoms with E-state index >= 15 is 0 Å². The summed E-state index contributed by atoms with van der Waals surface area (Å²) in [6.45, 7) is 1.65. The van der Waals surface area contributed by atoms with Crippen molar-refractivity contribution in [3.05, 3.63) is 89.5 Å². The number of nitrogens with zero attached hydrogens (tertiary/aromatic N) is 3. The lowest BCUT2D eigenvalue weighted by Crippen LogP contribution is -2.39. The molecule has 0 spiro atoms. The van der Waals surface area contributed by atoms with Crippen molar-refractivity contribution >= 4 is 5.91 Å². The van der Waals surface area contributed by atoms with E-state index in [-0.39, 0.29) is 5.92 Å². The van der Waals surface area contributed by atoms with Gasteiger partial charge < -0.3 is 9.47 Å². The van der Waals surface area contributed by atoms with Gasteiger partial charge in [-0.25, -0.2) is 13.8 Å². The number of rotatable bonds is 4. The van der Waals surface area contributed by atoms with Crippen molar-refractivity contribution in [2.24, 2.45) is 0 Å². The number of likely N-dealkylation sites (tertiary alicyclic amines) is 1. The number of aromatic nitrogens is 2. The van der Waals surface area contributed by atoms with E-state index < -0.39 is 23.1 Å². The second-order valence-electron chi connectivity index (χ2n) is 7.06. The van der Waals surface area contributed by atoms with Crippen molar-refractivity contribution < 1.29 is 13.6 Å². The second kappa shape index (κ2) is 7.92. The molecule has 0 unspecified atom stereocenters. The van der Waals surface area contributed by atoms with Crippen molar-refractivity contribution in [1.82, 2.24) is 14.5 Å². The molecule has 1 aromatic heterocycles. The fourth-order valence-electron chi connectivity index (χ4n) is 3.80. The Kier molecular flexibility index (Phi) is 5.19. The summed E-state index contributed by atoms with van der Waals surface area (Å²) in [6.07, 6.45) is 5.19. The SMILES string of the molecule is O=C(c1c(F)cccc1F)N1CCC(c2nccn2Cc2ccccc2)CC1. The standard InChI is InChI=1S/C22H21F2N3O/c23-18-7-4-8-19(24)20(18)22(28)26-12-9-17(10-13-26)21-25-11-14-27(21)15-16-5-2-1-3-6-16/h1-8,11,14,17H,9-10,12-13,15H2. The Bertz CT molecular complexity index is 943. The summed E-state index contributed by atoms with van der Waals surface area (Å²) < 4.78 is 30.0. The van der Waals surface area contributed by atoms with Crippen LogP contribution in [-0.4, -0.2) is 33.4 Å². The van der Waals surface area contributed by atoms with Crippen LogP contribution in [0.4, 0.5) is 8.78 Å². The molecule has 0 saturated carbocycles. The van der Waals surface area contributed by atoms with Crippen molar-refractivity contribution in [2.75, 3.05) is 13.1 Å². The zero-order valence-corrected chi connectivity index (χ0v) is 15.4. The van der Waals surface area contributed by atoms with Crippen LogP contribution in [0.1, 0.15) is 40.5 Å². The molecule has 1 saturated heterocycles. The summed E-state index contributed by atoms with van der Waals surface area (Å²) >= 11 is 0. The number of carbonyl (C=O) groups excluding carboxylic acids is 1. The molecule has 0 N–H and O–H groups in total. The number of hydrogen-bond acceptors (Lipinski definition) is 2. The molecule has 4 rings (SSSR count). The van der Waals surface area contributed by atoms with Crippen LogP contribution in [0, 0.1) is 11.6 Å². The maximum Gasteiger partial charge on any atom is 0.259 e. The quantitative estimate of drug-likeness (QED) is 0.678. The normalized spacial score (nSPS) is 15.0. The van der Waals surface area contributed by atoms with Crippen LogP contribution in [0.3, 0.4) is 0 Å². The fourth-order valence-corrected chi connectivity index (χ4v) is 3.80. The van der Waals surface area contributed by atoms with Crippen molar-refractivity contribution in [2.45, 2.75) is 25.3 Å². The summed E-state index contributed by atoms with van der Waals surface area (Å²) in [5.41, 5.74) is 0.732. The van der Waals surface area contributed by atoms with Crippen LogP contribution in [0.15, 0.2) is 60.9 Å². The smallest absolute Gasteiger partial charge is 0.259 e. The number of hydrogen-bond donors (Lipinski definition) is 0. The predicted molar refractivity (Wildman–Crippen MR) is 102 cm³/mol. The minimum absolute atomic E-state index is 0.216. The Morgan fingerprint density at radius 3 is 2.36 bits per heavy atom. The highest BCUT2D eigenvalue weighted by Gasteiger charge is 2.29. The molecule has 0 radical (unpaired) electrons. The number of piperidine rings is 1. The average molecular weight is 381 g/mol. The zero-order valence-electron chi connectivity index (χ0n) is 15.4. The number of benzene rings is 2. The van der Waals surface area contributed by atoms with Crippen LogP contribution >= 0.6 is 0 Å². The number of carbonyl (C=O) groups is 1. The minimum Gasteiger partial charge on any atom is -0.338 e. The molecule has 0 aliphatic carbocycles. The van der Waals surface area contributed by atoms with Crippen molar-refractivity contribution in [3.63, 3.8) is 0 Å². The van der Waals surface area contributed by atoms with Gasteiger partial charge in [-0.05, 0) is 30.5 Å². The molecule has 28 heavy (non-hydrogen) atoms. The van der Waals surface area contributed by atoms with Gasteiger partial charge in [0.05, 0.1) is 0 Å². The monoisotopic (exact) mass is 381 g/mol. The summed E-state index contributed by atoms with van der Waals surface area (Å²) in [7, 11) is 0. The lowest BCUT2D eigenvalue weighted by Gasteiger charge is -2.32. The lowest BCUT2D eigenvalue weighted by molar-refractivity contribution is 0.0700. The van der Waals surface area contributed by atoms with Crippen LogP contribution in [0.25, 0.3) is 0 Å². The molecule has 3 aromatic rings. The van der Waals surface area contributed by atoms with Gasteiger partial charge in [-0.15, -0.1) is 0 Å². The summed E-state index contributed by atoms with van der Waals surface area (Å²) in [4.78, 5) is 18.6. The van der Waals surface area contributed by atoms with Gasteiger partial charge in [0.15, 0.2) is 0 Å². The van der Waals surface area contributed by atoms with Gasteiger partial charge >= 0.3 is 0 Å². The molecule has 1 amide bonds. The molecule has 1 fully saturated rings. The Morgan fingerprint density at radius 1 is 1.00 bits per heavy atom. The van der Waals surface area contributed by atoms with Crippen LogP contribution in [0.2, 0.25) is 0 Å². The van der Waals surface area contributed by atoms with E-state index in [9.17, 15) is 13.6 Å². The van der Waals surface area contributed by atoms with E-state index in [0.29, 0.717) is 25.9 Å². The first-order valence-electron chi connectivity index (χ1n) is 9.41. The first-order valence-corrected chi connectivity index (χ1v) is 9.41. The average Bonchev–Trinajstić information content (AvgIpc) is 3.17. The number of imidazole rings is 1. The van der Waals surface area contributed by atoms with E-state index in [1.54, 1.807) is 6.20 Å². The van der Waals surface area contributed by atoms with Gasteiger partial charge in [-0.1, -0.05) is 36.4 Å². The molecule has 2 heterocycles. The third-order valence-corrected chi connectivity index (χ3v) is 5.27. The van der Waals surface area contributed by atoms with E-state index in [1.807, 2.05) is 24.4 Å². The molecule has 1 aliphatic heterocycles. The Hall–Kier alpha value is -3.02.